The molecular formula is C18H21N3O2. The van der Waals surface area contributed by atoms with E-state index in [-0.39, 0.29) is 17.8 Å². The van der Waals surface area contributed by atoms with Crippen molar-refractivity contribution >= 4 is 5.91 Å². The summed E-state index contributed by atoms with van der Waals surface area (Å²) < 4.78 is 5.70. The number of carbonyl (C=O) groups is 1. The molecule has 0 radical (unpaired) electrons. The molecule has 3 saturated heterocycles. The van der Waals surface area contributed by atoms with Gasteiger partial charge < -0.3 is 14.6 Å². The number of amides is 1. The summed E-state index contributed by atoms with van der Waals surface area (Å²) in [5.74, 6) is 1.18. The molecule has 0 saturated carbocycles. The van der Waals surface area contributed by atoms with Gasteiger partial charge in [-0.2, -0.15) is 0 Å². The molecule has 2 aromatic rings. The normalized spacial score (nSPS) is 26.2. The number of hydrogen-bond acceptors (Lipinski definition) is 4. The van der Waals surface area contributed by atoms with Crippen LogP contribution < -0.4 is 5.32 Å². The number of nitrogens with one attached hydrogen (secondary N) is 1. The van der Waals surface area contributed by atoms with Crippen LogP contribution in [-0.2, 0) is 0 Å². The lowest BCUT2D eigenvalue weighted by Crippen LogP contribution is -2.57. The fraction of sp³-hybridized carbons (Fsp3) is 0.444. The van der Waals surface area contributed by atoms with Crippen molar-refractivity contribution in [2.24, 2.45) is 5.92 Å². The van der Waals surface area contributed by atoms with Crippen LogP contribution in [0.25, 0.3) is 11.3 Å². The van der Waals surface area contributed by atoms with Crippen LogP contribution in [-0.4, -0.2) is 41.5 Å². The van der Waals surface area contributed by atoms with Gasteiger partial charge in [-0.25, -0.2) is 4.98 Å². The zero-order valence-corrected chi connectivity index (χ0v) is 13.3. The molecule has 1 aromatic heterocycles. The predicted octanol–water partition coefficient (Wildman–Crippen LogP) is 2.47. The third-order valence-electron chi connectivity index (χ3n) is 5.08. The summed E-state index contributed by atoms with van der Waals surface area (Å²) in [5, 5.41) is 3.11. The van der Waals surface area contributed by atoms with E-state index in [0.717, 1.165) is 30.8 Å². The van der Waals surface area contributed by atoms with Gasteiger partial charge in [-0.1, -0.05) is 24.3 Å². The minimum Gasteiger partial charge on any atom is -0.432 e. The van der Waals surface area contributed by atoms with Gasteiger partial charge in [0, 0.05) is 18.2 Å². The highest BCUT2D eigenvalue weighted by Crippen LogP contribution is 2.28. The van der Waals surface area contributed by atoms with Gasteiger partial charge in [0.05, 0.1) is 6.20 Å². The van der Waals surface area contributed by atoms with Crippen LogP contribution in [0.1, 0.15) is 29.1 Å². The van der Waals surface area contributed by atoms with Gasteiger partial charge in [-0.05, 0) is 44.3 Å². The summed E-state index contributed by atoms with van der Waals surface area (Å²) in [4.78, 5) is 19.0. The topological polar surface area (TPSA) is 58.4 Å². The Labute approximate surface area is 135 Å². The molecule has 3 aliphatic rings. The van der Waals surface area contributed by atoms with Gasteiger partial charge in [0.1, 0.15) is 0 Å². The molecule has 23 heavy (non-hydrogen) atoms. The van der Waals surface area contributed by atoms with E-state index in [9.17, 15) is 4.79 Å². The maximum atomic E-state index is 12.4. The molecule has 3 aliphatic heterocycles. The number of oxazole rings is 1. The number of rotatable bonds is 3. The minimum atomic E-state index is -0.205. The van der Waals surface area contributed by atoms with Gasteiger partial charge in [0.2, 0.25) is 0 Å². The Kier molecular flexibility index (Phi) is 3.65. The van der Waals surface area contributed by atoms with Gasteiger partial charge in [-0.3, -0.25) is 4.79 Å². The number of benzene rings is 1. The number of aromatic nitrogens is 1. The first-order chi connectivity index (χ1) is 11.2. The van der Waals surface area contributed by atoms with Crippen LogP contribution in [0.15, 0.2) is 34.9 Å². The molecule has 0 unspecified atom stereocenters. The molecular weight excluding hydrogens is 290 g/mol. The van der Waals surface area contributed by atoms with E-state index in [1.807, 2.05) is 31.2 Å². The maximum Gasteiger partial charge on any atom is 0.307 e. The largest absolute Gasteiger partial charge is 0.432 e. The summed E-state index contributed by atoms with van der Waals surface area (Å²) >= 11 is 0. The van der Waals surface area contributed by atoms with Crippen LogP contribution in [0.2, 0.25) is 0 Å². The first kappa shape index (κ1) is 14.5. The molecule has 1 amide bonds. The quantitative estimate of drug-likeness (QED) is 0.946. The van der Waals surface area contributed by atoms with E-state index in [2.05, 4.69) is 15.2 Å². The SMILES string of the molecule is Cc1ccccc1-c1cnc(C(=O)N[C@H]2CN3CCC2CC3)o1. The molecule has 120 valence electrons. The Morgan fingerprint density at radius 1 is 1.30 bits per heavy atom. The third kappa shape index (κ3) is 2.77. The van der Waals surface area contributed by atoms with Gasteiger partial charge in [0.15, 0.2) is 5.76 Å². The number of aryl methyl sites for hydroxylation is 1. The van der Waals surface area contributed by atoms with E-state index in [1.54, 1.807) is 6.20 Å². The molecule has 5 rings (SSSR count). The Bertz CT molecular complexity index is 717. The highest BCUT2D eigenvalue weighted by molar-refractivity contribution is 5.90. The van der Waals surface area contributed by atoms with Gasteiger partial charge >= 0.3 is 5.91 Å². The average molecular weight is 311 g/mol. The molecule has 1 atom stereocenters. The molecule has 4 heterocycles. The summed E-state index contributed by atoms with van der Waals surface area (Å²) in [5.41, 5.74) is 2.08. The van der Waals surface area contributed by atoms with Crippen LogP contribution in [0.4, 0.5) is 0 Å². The molecule has 5 nitrogen and oxygen atoms in total. The zero-order chi connectivity index (χ0) is 15.8. The fourth-order valence-electron chi connectivity index (χ4n) is 3.71. The standard InChI is InChI=1S/C18H21N3O2/c1-12-4-2-3-5-14(12)16-10-19-18(23-16)17(22)20-15-11-21-8-6-13(15)7-9-21/h2-5,10,13,15H,6-9,11H2,1H3,(H,20,22)/t15-/m0/s1. The number of fused-ring (bicyclic) bond motifs is 3. The van der Waals surface area contributed by atoms with Crippen LogP contribution in [0, 0.1) is 12.8 Å². The van der Waals surface area contributed by atoms with E-state index in [1.165, 1.54) is 12.8 Å². The van der Waals surface area contributed by atoms with Crippen molar-refractivity contribution in [1.82, 2.24) is 15.2 Å². The zero-order valence-electron chi connectivity index (χ0n) is 13.3. The highest BCUT2D eigenvalue weighted by Gasteiger charge is 2.35. The summed E-state index contributed by atoms with van der Waals surface area (Å²) in [6.45, 7) is 5.29. The monoisotopic (exact) mass is 311 g/mol. The average Bonchev–Trinajstić information content (AvgIpc) is 3.06. The van der Waals surface area contributed by atoms with Crippen molar-refractivity contribution in [3.05, 3.63) is 41.9 Å². The van der Waals surface area contributed by atoms with Crippen molar-refractivity contribution in [2.75, 3.05) is 19.6 Å². The third-order valence-corrected chi connectivity index (χ3v) is 5.08. The molecule has 1 aromatic carbocycles. The number of piperidine rings is 3. The number of nitrogens with zero attached hydrogens (tertiary/aromatic N) is 2. The van der Waals surface area contributed by atoms with Crippen LogP contribution in [0.3, 0.4) is 0 Å². The summed E-state index contributed by atoms with van der Waals surface area (Å²) in [6, 6.07) is 8.16. The van der Waals surface area contributed by atoms with E-state index >= 15 is 0 Å². The first-order valence-electron chi connectivity index (χ1n) is 8.26. The second-order valence-electron chi connectivity index (χ2n) is 6.56. The molecule has 2 bridgehead atoms. The van der Waals surface area contributed by atoms with E-state index in [4.69, 9.17) is 4.42 Å². The van der Waals surface area contributed by atoms with Crippen LogP contribution in [0.5, 0.6) is 0 Å². The Balaban J connectivity index is 1.48. The van der Waals surface area contributed by atoms with Crippen molar-refractivity contribution in [3.63, 3.8) is 0 Å². The first-order valence-corrected chi connectivity index (χ1v) is 8.26. The Morgan fingerprint density at radius 2 is 2.09 bits per heavy atom. The predicted molar refractivity (Wildman–Crippen MR) is 87.1 cm³/mol. The molecule has 5 heteroatoms. The summed E-state index contributed by atoms with van der Waals surface area (Å²) in [7, 11) is 0. The Hall–Kier alpha value is -2.14. The maximum absolute atomic E-state index is 12.4. The van der Waals surface area contributed by atoms with Gasteiger partial charge in [0.25, 0.3) is 5.89 Å². The Morgan fingerprint density at radius 3 is 2.78 bits per heavy atom. The second kappa shape index (κ2) is 5.81. The van der Waals surface area contributed by atoms with E-state index < -0.39 is 0 Å². The second-order valence-corrected chi connectivity index (χ2v) is 6.56. The lowest BCUT2D eigenvalue weighted by atomic mass is 9.84. The fourth-order valence-corrected chi connectivity index (χ4v) is 3.71. The van der Waals surface area contributed by atoms with Crippen molar-refractivity contribution < 1.29 is 9.21 Å². The van der Waals surface area contributed by atoms with Crippen LogP contribution >= 0.6 is 0 Å². The lowest BCUT2D eigenvalue weighted by Gasteiger charge is -2.44. The molecule has 0 aliphatic carbocycles. The van der Waals surface area contributed by atoms with Gasteiger partial charge in [-0.15, -0.1) is 0 Å². The number of carbonyl (C=O) groups excluding carboxylic acids is 1. The minimum absolute atomic E-state index is 0.152. The number of hydrogen-bond donors (Lipinski definition) is 1. The van der Waals surface area contributed by atoms with Crippen molar-refractivity contribution in [2.45, 2.75) is 25.8 Å². The molecule has 1 N–H and O–H groups in total. The van der Waals surface area contributed by atoms with Crippen molar-refractivity contribution in [1.29, 1.82) is 0 Å². The lowest BCUT2D eigenvalue weighted by molar-refractivity contribution is 0.0602. The highest BCUT2D eigenvalue weighted by atomic mass is 16.4. The molecule has 3 fully saturated rings. The molecule has 0 spiro atoms. The summed E-state index contributed by atoms with van der Waals surface area (Å²) in [6.07, 6.45) is 3.98. The van der Waals surface area contributed by atoms with Crippen molar-refractivity contribution in [3.8, 4) is 11.3 Å². The van der Waals surface area contributed by atoms with E-state index in [0.29, 0.717) is 11.7 Å². The smallest absolute Gasteiger partial charge is 0.307 e.